The number of aryl methyl sites for hydroxylation is 1. The first-order valence-electron chi connectivity index (χ1n) is 22.8. The van der Waals surface area contributed by atoms with Crippen LogP contribution in [-0.2, 0) is 38.7 Å². The molecule has 67 heavy (non-hydrogen) atoms. The zero-order valence-electron chi connectivity index (χ0n) is 36.7. The Balaban J connectivity index is 0.737. The molecule has 2 aromatic heterocycles. The molecule has 7 heterocycles. The van der Waals surface area contributed by atoms with Gasteiger partial charge in [0.1, 0.15) is 23.5 Å². The number of hydrogen-bond acceptors (Lipinski definition) is 11. The Hall–Kier alpha value is -7.21. The van der Waals surface area contributed by atoms with Gasteiger partial charge in [0.25, 0.3) is 11.8 Å². The van der Waals surface area contributed by atoms with Gasteiger partial charge in [-0.15, -0.1) is 0 Å². The van der Waals surface area contributed by atoms with Crippen molar-refractivity contribution in [2.45, 2.75) is 75.7 Å². The molecule has 3 fully saturated rings. The molecule has 5 aliphatic rings. The van der Waals surface area contributed by atoms with E-state index in [1.807, 2.05) is 33.7 Å². The quantitative estimate of drug-likeness (QED) is 0.134. The van der Waals surface area contributed by atoms with E-state index in [-0.39, 0.29) is 42.3 Å². The number of aliphatic hydroxyl groups is 1. The van der Waals surface area contributed by atoms with Crippen molar-refractivity contribution in [3.63, 3.8) is 0 Å². The van der Waals surface area contributed by atoms with Crippen LogP contribution in [0.2, 0.25) is 0 Å². The van der Waals surface area contributed by atoms with Crippen LogP contribution in [0.25, 0.3) is 11.1 Å². The van der Waals surface area contributed by atoms with Gasteiger partial charge >= 0.3 is 0 Å². The van der Waals surface area contributed by atoms with Gasteiger partial charge in [-0.3, -0.25) is 29.3 Å². The highest BCUT2D eigenvalue weighted by Gasteiger charge is 2.42. The van der Waals surface area contributed by atoms with Gasteiger partial charge in [0.05, 0.1) is 36.3 Å². The van der Waals surface area contributed by atoms with Crippen molar-refractivity contribution in [2.24, 2.45) is 0 Å². The summed E-state index contributed by atoms with van der Waals surface area (Å²) in [7, 11) is 0. The summed E-state index contributed by atoms with van der Waals surface area (Å²) in [6.07, 6.45) is 5.94. The Kier molecular flexibility index (Phi) is 11.7. The zero-order valence-corrected chi connectivity index (χ0v) is 36.7. The number of nitrogens with one attached hydrogen (secondary N) is 3. The van der Waals surface area contributed by atoms with E-state index in [4.69, 9.17) is 0 Å². The van der Waals surface area contributed by atoms with Crippen LogP contribution in [0.4, 0.5) is 31.7 Å². The zero-order chi connectivity index (χ0) is 46.4. The third-order valence-electron chi connectivity index (χ3n) is 13.8. The molecule has 5 aliphatic heterocycles. The maximum Gasteiger partial charge on any atom is 0.255 e. The topological polar surface area (TPSA) is 185 Å². The third-order valence-corrected chi connectivity index (χ3v) is 13.8. The predicted octanol–water partition coefficient (Wildman–Crippen LogP) is 4.79. The maximum atomic E-state index is 16.0. The number of fused-ring (bicyclic) bond motifs is 2. The lowest BCUT2D eigenvalue weighted by atomic mass is 9.87. The number of halogens is 2. The highest BCUT2D eigenvalue weighted by atomic mass is 19.1. The van der Waals surface area contributed by atoms with E-state index in [9.17, 15) is 29.1 Å². The molecule has 0 radical (unpaired) electrons. The fourth-order valence-corrected chi connectivity index (χ4v) is 10.0. The molecule has 3 saturated heterocycles. The second kappa shape index (κ2) is 17.9. The van der Waals surface area contributed by atoms with Crippen LogP contribution in [0.1, 0.15) is 71.9 Å². The summed E-state index contributed by atoms with van der Waals surface area (Å²) in [6.45, 7) is 3.45. The Labute approximate surface area is 385 Å². The number of carbonyl (C=O) groups excluding carboxylic acids is 5. The number of rotatable bonds is 11. The third kappa shape index (κ3) is 8.80. The number of piperazine rings is 1. The number of hydrogen-bond donors (Lipinski definition) is 4. The van der Waals surface area contributed by atoms with Gasteiger partial charge in [-0.1, -0.05) is 18.2 Å². The molecule has 5 amide bonds. The lowest BCUT2D eigenvalue weighted by Crippen LogP contribution is -2.52. The molecule has 0 bridgehead atoms. The summed E-state index contributed by atoms with van der Waals surface area (Å²) in [5.74, 6) is -2.52. The van der Waals surface area contributed by atoms with E-state index >= 15 is 8.78 Å². The van der Waals surface area contributed by atoms with Gasteiger partial charge in [-0.2, -0.15) is 0 Å². The van der Waals surface area contributed by atoms with E-state index in [2.05, 4.69) is 30.8 Å². The normalized spacial score (nSPS) is 19.5. The molecular weight excluding hydrogens is 863 g/mol. The summed E-state index contributed by atoms with van der Waals surface area (Å²) in [6, 6.07) is 18.8. The van der Waals surface area contributed by atoms with Gasteiger partial charge < -0.3 is 39.9 Å². The van der Waals surface area contributed by atoms with Crippen molar-refractivity contribution in [2.75, 3.05) is 59.7 Å². The maximum absolute atomic E-state index is 16.0. The molecule has 5 aromatic rings. The average Bonchev–Trinajstić information content (AvgIpc) is 4.05. The lowest BCUT2D eigenvalue weighted by molar-refractivity contribution is -0.138. The number of imidazole rings is 1. The van der Waals surface area contributed by atoms with Crippen molar-refractivity contribution in [1.29, 1.82) is 0 Å². The molecule has 3 aromatic carbocycles. The van der Waals surface area contributed by atoms with Gasteiger partial charge in [0.2, 0.25) is 17.7 Å². The first-order valence-corrected chi connectivity index (χ1v) is 22.8. The van der Waals surface area contributed by atoms with Crippen molar-refractivity contribution in [1.82, 2.24) is 29.7 Å². The minimum Gasteiger partial charge on any atom is -0.389 e. The fraction of sp³-hybridized carbons (Fsp3) is 0.367. The first kappa shape index (κ1) is 43.7. The van der Waals surface area contributed by atoms with E-state index in [0.29, 0.717) is 99.0 Å². The number of nitrogens with zero attached hydrogens (tertiary/aromatic N) is 7. The molecule has 16 nitrogen and oxygen atoms in total. The molecule has 2 unspecified atom stereocenters. The smallest absolute Gasteiger partial charge is 0.255 e. The lowest BCUT2D eigenvalue weighted by Gasteiger charge is -2.41. The largest absolute Gasteiger partial charge is 0.389 e. The Bertz CT molecular complexity index is 2750. The molecule has 0 saturated carbocycles. The van der Waals surface area contributed by atoms with Crippen molar-refractivity contribution >= 4 is 52.4 Å². The van der Waals surface area contributed by atoms with Crippen LogP contribution in [0.3, 0.4) is 0 Å². The Morgan fingerprint density at radius 1 is 0.851 bits per heavy atom. The monoisotopic (exact) mass is 912 g/mol. The number of anilines is 4. The van der Waals surface area contributed by atoms with E-state index in [1.165, 1.54) is 17.0 Å². The second-order valence-corrected chi connectivity index (χ2v) is 18.0. The van der Waals surface area contributed by atoms with Crippen LogP contribution in [0.15, 0.2) is 85.3 Å². The molecule has 346 valence electrons. The van der Waals surface area contributed by atoms with Gasteiger partial charge in [0, 0.05) is 86.6 Å². The van der Waals surface area contributed by atoms with Gasteiger partial charge in [-0.05, 0) is 97.8 Å². The fourth-order valence-electron chi connectivity index (χ4n) is 10.0. The summed E-state index contributed by atoms with van der Waals surface area (Å²) < 4.78 is 33.3. The molecule has 0 aliphatic carbocycles. The molecule has 18 heteroatoms. The summed E-state index contributed by atoms with van der Waals surface area (Å²) in [4.78, 5) is 81.2. The Morgan fingerprint density at radius 3 is 2.37 bits per heavy atom. The Morgan fingerprint density at radius 2 is 1.64 bits per heavy atom. The number of piperidine rings is 2. The van der Waals surface area contributed by atoms with Crippen LogP contribution in [0, 0.1) is 11.6 Å². The van der Waals surface area contributed by atoms with Crippen molar-refractivity contribution in [3.05, 3.63) is 119 Å². The van der Waals surface area contributed by atoms with Crippen LogP contribution < -0.4 is 25.8 Å². The summed E-state index contributed by atoms with van der Waals surface area (Å²) >= 11 is 0. The SMILES string of the molecule is O=C1CCC(Nc2ccc(N3CCC(O)(CC(=O)N4CCN(c5ccc(-c6cc(F)c7c(c6)C(=O)N(C(C(=O)Nc6ccccn6)c6ncn8c6CCC8)C7)cc5)CC4)CC3)c(F)c2)C(=O)N1. The molecule has 4 N–H and O–H groups in total. The minimum atomic E-state index is -1.22. The number of aromatic nitrogens is 3. The summed E-state index contributed by atoms with van der Waals surface area (Å²) in [5.41, 5.74) is 3.52. The first-order chi connectivity index (χ1) is 32.4. The number of amides is 5. The molecule has 2 atom stereocenters. The molecule has 10 rings (SSSR count). The molecule has 0 spiro atoms. The van der Waals surface area contributed by atoms with Crippen LogP contribution in [-0.4, -0.2) is 110 Å². The molecular formula is C49H50F2N10O6. The van der Waals surface area contributed by atoms with E-state index in [0.717, 1.165) is 24.3 Å². The number of carbonyl (C=O) groups is 5. The number of pyridine rings is 1. The van der Waals surface area contributed by atoms with E-state index in [1.54, 1.807) is 53.8 Å². The number of imide groups is 1. The standard InChI is InChI=1S/C49H50F2N10O6/c50-36-25-31(24-34-35(36)28-61(48(34)66)45(44-40-4-3-17-60(40)29-53-44)47(65)55-41-5-1-2-16-52-41)30-6-9-33(10-7-30)57-20-22-59(23-21-57)43(63)27-49(67)14-18-58(19-15-49)39-12-8-32(26-37(39)51)54-38-11-13-42(62)56-46(38)64/h1-2,5-10,12,16,24-26,29,38,45,54,67H,3-4,11,13-15,17-23,27-28H2,(H,52,55,65)(H,56,62,64). The predicted molar refractivity (Wildman–Crippen MR) is 244 cm³/mol. The number of benzene rings is 3. The van der Waals surface area contributed by atoms with E-state index < -0.39 is 47.0 Å². The average molecular weight is 913 g/mol. The van der Waals surface area contributed by atoms with Crippen LogP contribution in [0.5, 0.6) is 0 Å². The van der Waals surface area contributed by atoms with Crippen molar-refractivity contribution in [3.8, 4) is 11.1 Å². The summed E-state index contributed by atoms with van der Waals surface area (Å²) in [5, 5.41) is 19.6. The van der Waals surface area contributed by atoms with Crippen molar-refractivity contribution < 1.29 is 37.9 Å². The second-order valence-electron chi connectivity index (χ2n) is 18.0. The highest BCUT2D eigenvalue weighted by Crippen LogP contribution is 2.39. The minimum absolute atomic E-state index is 0.0328. The van der Waals surface area contributed by atoms with Crippen LogP contribution >= 0.6 is 0 Å². The van der Waals surface area contributed by atoms with Gasteiger partial charge in [0.15, 0.2) is 6.04 Å². The van der Waals surface area contributed by atoms with Gasteiger partial charge in [-0.25, -0.2) is 18.7 Å². The highest BCUT2D eigenvalue weighted by molar-refractivity contribution is 6.04.